The number of hydrogen-bond acceptors (Lipinski definition) is 4. The average Bonchev–Trinajstić information content (AvgIpc) is 2.90. The summed E-state index contributed by atoms with van der Waals surface area (Å²) in [5, 5.41) is 19.2. The Morgan fingerprint density at radius 1 is 1.33 bits per heavy atom. The maximum absolute atomic E-state index is 11.6. The van der Waals surface area contributed by atoms with E-state index in [4.69, 9.17) is 0 Å². The van der Waals surface area contributed by atoms with Crippen molar-refractivity contribution in [2.24, 2.45) is 7.05 Å². The number of carbonyl (C=O) groups is 1. The summed E-state index contributed by atoms with van der Waals surface area (Å²) in [6.45, 7) is 0.442. The van der Waals surface area contributed by atoms with E-state index in [-0.39, 0.29) is 19.1 Å². The van der Waals surface area contributed by atoms with Crippen molar-refractivity contribution >= 4 is 6.03 Å². The van der Waals surface area contributed by atoms with Crippen molar-refractivity contribution in [3.8, 4) is 0 Å². The Labute approximate surface area is 123 Å². The van der Waals surface area contributed by atoms with Gasteiger partial charge in [0.1, 0.15) is 6.33 Å². The Hall–Kier alpha value is -2.41. The van der Waals surface area contributed by atoms with Crippen molar-refractivity contribution in [1.82, 2.24) is 25.4 Å². The summed E-state index contributed by atoms with van der Waals surface area (Å²) in [5.74, 6) is 0.539. The van der Waals surface area contributed by atoms with E-state index in [0.717, 1.165) is 5.56 Å². The van der Waals surface area contributed by atoms with Gasteiger partial charge < -0.3 is 15.7 Å². The maximum atomic E-state index is 11.6. The molecule has 2 rings (SSSR count). The number of nitrogens with zero attached hydrogens (tertiary/aromatic N) is 3. The van der Waals surface area contributed by atoms with Crippen LogP contribution in [0.1, 0.15) is 11.4 Å². The van der Waals surface area contributed by atoms with Gasteiger partial charge in [-0.15, -0.1) is 0 Å². The highest BCUT2D eigenvalue weighted by molar-refractivity contribution is 5.73. The van der Waals surface area contributed by atoms with Gasteiger partial charge in [0.2, 0.25) is 0 Å². The highest BCUT2D eigenvalue weighted by Gasteiger charge is 2.08. The molecule has 0 radical (unpaired) electrons. The molecule has 3 N–H and O–H groups in total. The van der Waals surface area contributed by atoms with Gasteiger partial charge in [-0.2, -0.15) is 5.10 Å². The maximum Gasteiger partial charge on any atom is 0.315 e. The molecule has 1 aromatic carbocycles. The minimum Gasteiger partial charge on any atom is -0.391 e. The first-order chi connectivity index (χ1) is 10.1. The number of aryl methyl sites for hydroxylation is 1. The van der Waals surface area contributed by atoms with Crippen molar-refractivity contribution in [2.75, 3.05) is 6.54 Å². The van der Waals surface area contributed by atoms with E-state index in [1.807, 2.05) is 30.3 Å². The van der Waals surface area contributed by atoms with Gasteiger partial charge in [0.25, 0.3) is 0 Å². The van der Waals surface area contributed by atoms with Crippen molar-refractivity contribution in [3.05, 3.63) is 48.0 Å². The van der Waals surface area contributed by atoms with Crippen LogP contribution in [0.4, 0.5) is 4.79 Å². The lowest BCUT2D eigenvalue weighted by atomic mass is 10.1. The summed E-state index contributed by atoms with van der Waals surface area (Å²) in [6, 6.07) is 9.29. The van der Waals surface area contributed by atoms with Gasteiger partial charge in [-0.1, -0.05) is 30.3 Å². The third-order valence-electron chi connectivity index (χ3n) is 2.87. The third kappa shape index (κ3) is 5.23. The predicted molar refractivity (Wildman–Crippen MR) is 77.4 cm³/mol. The monoisotopic (exact) mass is 289 g/mol. The molecule has 7 nitrogen and oxygen atoms in total. The van der Waals surface area contributed by atoms with Crippen LogP contribution in [0.2, 0.25) is 0 Å². The van der Waals surface area contributed by atoms with Crippen LogP contribution in [0, 0.1) is 0 Å². The molecule has 0 aliphatic heterocycles. The molecule has 21 heavy (non-hydrogen) atoms. The largest absolute Gasteiger partial charge is 0.391 e. The van der Waals surface area contributed by atoms with Gasteiger partial charge in [0, 0.05) is 20.0 Å². The zero-order chi connectivity index (χ0) is 15.1. The first-order valence-corrected chi connectivity index (χ1v) is 6.71. The fourth-order valence-electron chi connectivity index (χ4n) is 1.86. The van der Waals surface area contributed by atoms with Crippen LogP contribution in [-0.4, -0.2) is 38.6 Å². The minimum absolute atomic E-state index is 0.191. The lowest BCUT2D eigenvalue weighted by molar-refractivity contribution is 0.170. The molecular weight excluding hydrogens is 270 g/mol. The molecule has 0 saturated heterocycles. The van der Waals surface area contributed by atoms with Gasteiger partial charge >= 0.3 is 6.03 Å². The van der Waals surface area contributed by atoms with Crippen LogP contribution in [0.5, 0.6) is 0 Å². The molecule has 1 atom stereocenters. The number of hydrogen-bond donors (Lipinski definition) is 3. The van der Waals surface area contributed by atoms with E-state index < -0.39 is 6.10 Å². The average molecular weight is 289 g/mol. The molecule has 0 bridgehead atoms. The van der Waals surface area contributed by atoms with Gasteiger partial charge in [0.15, 0.2) is 5.82 Å². The van der Waals surface area contributed by atoms with Crippen molar-refractivity contribution in [3.63, 3.8) is 0 Å². The van der Waals surface area contributed by atoms with Crippen molar-refractivity contribution < 1.29 is 9.90 Å². The topological polar surface area (TPSA) is 92.1 Å². The number of urea groups is 1. The third-order valence-corrected chi connectivity index (χ3v) is 2.87. The molecule has 7 heteroatoms. The van der Waals surface area contributed by atoms with Crippen LogP contribution in [0.15, 0.2) is 36.7 Å². The number of nitrogens with one attached hydrogen (secondary N) is 2. The van der Waals surface area contributed by atoms with Crippen LogP contribution in [0.25, 0.3) is 0 Å². The molecule has 0 fully saturated rings. The highest BCUT2D eigenvalue weighted by Crippen LogP contribution is 2.02. The molecule has 2 aromatic rings. The van der Waals surface area contributed by atoms with Crippen LogP contribution >= 0.6 is 0 Å². The number of amides is 2. The van der Waals surface area contributed by atoms with Crippen LogP contribution < -0.4 is 10.6 Å². The molecule has 0 aliphatic carbocycles. The van der Waals surface area contributed by atoms with Gasteiger partial charge in [-0.3, -0.25) is 4.68 Å². The number of aromatic nitrogens is 3. The predicted octanol–water partition coefficient (Wildman–Crippen LogP) is 0.218. The van der Waals surface area contributed by atoms with E-state index in [1.165, 1.54) is 0 Å². The summed E-state index contributed by atoms with van der Waals surface area (Å²) in [5.41, 5.74) is 1.03. The summed E-state index contributed by atoms with van der Waals surface area (Å²) in [7, 11) is 1.76. The van der Waals surface area contributed by atoms with Crippen LogP contribution in [-0.2, 0) is 20.0 Å². The van der Waals surface area contributed by atoms with Crippen molar-refractivity contribution in [1.29, 1.82) is 0 Å². The van der Waals surface area contributed by atoms with E-state index in [2.05, 4.69) is 20.7 Å². The molecule has 0 aliphatic rings. The molecule has 1 heterocycles. The minimum atomic E-state index is -0.619. The Kier molecular flexibility index (Phi) is 5.28. The highest BCUT2D eigenvalue weighted by atomic mass is 16.3. The Bertz CT molecular complexity index is 570. The summed E-state index contributed by atoms with van der Waals surface area (Å²) < 4.78 is 1.57. The molecule has 1 unspecified atom stereocenters. The zero-order valence-corrected chi connectivity index (χ0v) is 11.9. The molecule has 112 valence electrons. The molecular formula is C14H19N5O2. The fourth-order valence-corrected chi connectivity index (χ4v) is 1.86. The Balaban J connectivity index is 1.66. The SMILES string of the molecule is Cn1cnc(CNC(=O)NCC(O)Cc2ccccc2)n1. The second-order valence-electron chi connectivity index (χ2n) is 4.74. The van der Waals surface area contributed by atoms with Gasteiger partial charge in [0.05, 0.1) is 12.6 Å². The number of aliphatic hydroxyl groups excluding tert-OH is 1. The Morgan fingerprint density at radius 3 is 2.76 bits per heavy atom. The summed E-state index contributed by atoms with van der Waals surface area (Å²) in [4.78, 5) is 15.6. The van der Waals surface area contributed by atoms with Gasteiger partial charge in [-0.05, 0) is 5.56 Å². The number of aliphatic hydroxyl groups is 1. The lowest BCUT2D eigenvalue weighted by Crippen LogP contribution is -2.40. The van der Waals surface area contributed by atoms with E-state index >= 15 is 0 Å². The second kappa shape index (κ2) is 7.39. The molecule has 1 aromatic heterocycles. The quantitative estimate of drug-likeness (QED) is 0.709. The van der Waals surface area contributed by atoms with Gasteiger partial charge in [-0.25, -0.2) is 9.78 Å². The standard InChI is InChI=1S/C14H19N5O2/c1-19-10-17-13(18-19)9-16-14(21)15-8-12(20)7-11-5-3-2-4-6-11/h2-6,10,12,20H,7-9H2,1H3,(H2,15,16,21). The summed E-state index contributed by atoms with van der Waals surface area (Å²) in [6.07, 6.45) is 1.45. The lowest BCUT2D eigenvalue weighted by Gasteiger charge is -2.12. The van der Waals surface area contributed by atoms with Crippen molar-refractivity contribution in [2.45, 2.75) is 19.1 Å². The number of carbonyl (C=O) groups excluding carboxylic acids is 1. The molecule has 0 saturated carbocycles. The normalized spacial score (nSPS) is 11.9. The first-order valence-electron chi connectivity index (χ1n) is 6.71. The summed E-state index contributed by atoms with van der Waals surface area (Å²) >= 11 is 0. The van der Waals surface area contributed by atoms with E-state index in [0.29, 0.717) is 12.2 Å². The second-order valence-corrected chi connectivity index (χ2v) is 4.74. The Morgan fingerprint density at radius 2 is 2.10 bits per heavy atom. The fraction of sp³-hybridized carbons (Fsp3) is 0.357. The van der Waals surface area contributed by atoms with E-state index in [1.54, 1.807) is 18.1 Å². The number of benzene rings is 1. The van der Waals surface area contributed by atoms with Crippen LogP contribution in [0.3, 0.4) is 0 Å². The zero-order valence-electron chi connectivity index (χ0n) is 11.9. The first kappa shape index (κ1) is 15.0. The van der Waals surface area contributed by atoms with E-state index in [9.17, 15) is 9.90 Å². The smallest absolute Gasteiger partial charge is 0.315 e. The molecule has 2 amide bonds. The molecule has 0 spiro atoms. The number of rotatable bonds is 6.